The first-order valence-corrected chi connectivity index (χ1v) is 10.9. The fourth-order valence-electron chi connectivity index (χ4n) is 3.15. The molecule has 1 aliphatic carbocycles. The van der Waals surface area contributed by atoms with Crippen LogP contribution >= 0.6 is 11.6 Å². The van der Waals surface area contributed by atoms with Crippen molar-refractivity contribution in [2.45, 2.75) is 42.4 Å². The molecule has 1 aliphatic rings. The van der Waals surface area contributed by atoms with Crippen LogP contribution in [0.4, 0.5) is 14.5 Å². The van der Waals surface area contributed by atoms with Gasteiger partial charge in [-0.15, -0.1) is 0 Å². The Morgan fingerprint density at radius 3 is 2.40 bits per heavy atom. The molecule has 162 valence electrons. The van der Waals surface area contributed by atoms with E-state index < -0.39 is 50.7 Å². The third kappa shape index (κ3) is 5.13. The van der Waals surface area contributed by atoms with E-state index in [1.807, 2.05) is 0 Å². The van der Waals surface area contributed by atoms with E-state index in [0.717, 1.165) is 24.3 Å². The summed E-state index contributed by atoms with van der Waals surface area (Å²) >= 11 is 5.66. The molecule has 1 amide bonds. The first-order valence-electron chi connectivity index (χ1n) is 9.01. The molecule has 1 fully saturated rings. The van der Waals surface area contributed by atoms with Gasteiger partial charge in [0.15, 0.2) is 0 Å². The second kappa shape index (κ2) is 8.94. The van der Waals surface area contributed by atoms with Crippen LogP contribution in [0.15, 0.2) is 41.3 Å². The van der Waals surface area contributed by atoms with E-state index in [9.17, 15) is 32.2 Å². The second-order valence-electron chi connectivity index (χ2n) is 6.99. The summed E-state index contributed by atoms with van der Waals surface area (Å²) in [4.78, 5) is 11.7. The fourth-order valence-corrected chi connectivity index (χ4v) is 4.72. The Kier molecular flexibility index (Phi) is 6.73. The highest BCUT2D eigenvalue weighted by Crippen LogP contribution is 2.24. The Hall–Kier alpha value is -2.11. The van der Waals surface area contributed by atoms with Gasteiger partial charge in [-0.3, -0.25) is 4.79 Å². The largest absolute Gasteiger partial charge is 0.390 e. The first-order chi connectivity index (χ1) is 14.1. The number of carbonyl (C=O) groups is 1. The maximum Gasteiger partial charge on any atom is 0.255 e. The Bertz CT molecular complexity index is 1070. The predicted molar refractivity (Wildman–Crippen MR) is 106 cm³/mol. The van der Waals surface area contributed by atoms with Gasteiger partial charge in [-0.05, 0) is 55.7 Å². The SMILES string of the molecule is O=C(Nc1ccc(F)c(Cl)c1)c1ccc(F)c(S(=O)(=O)NC2CCC(O)C(O)C2)c1. The van der Waals surface area contributed by atoms with E-state index in [4.69, 9.17) is 11.6 Å². The predicted octanol–water partition coefficient (Wildman–Crippen LogP) is 2.42. The summed E-state index contributed by atoms with van der Waals surface area (Å²) in [5.74, 6) is -2.47. The van der Waals surface area contributed by atoms with Gasteiger partial charge in [0.25, 0.3) is 5.91 Å². The fraction of sp³-hybridized carbons (Fsp3) is 0.316. The van der Waals surface area contributed by atoms with Crippen molar-refractivity contribution in [1.82, 2.24) is 4.72 Å². The molecule has 0 radical (unpaired) electrons. The summed E-state index contributed by atoms with van der Waals surface area (Å²) < 4.78 is 55.1. The zero-order valence-corrected chi connectivity index (χ0v) is 17.1. The zero-order chi connectivity index (χ0) is 22.1. The summed E-state index contributed by atoms with van der Waals surface area (Å²) in [6.07, 6.45) is -1.58. The van der Waals surface area contributed by atoms with E-state index in [2.05, 4.69) is 10.0 Å². The maximum absolute atomic E-state index is 14.2. The van der Waals surface area contributed by atoms with Gasteiger partial charge in [-0.2, -0.15) is 0 Å². The van der Waals surface area contributed by atoms with Crippen LogP contribution in [0, 0.1) is 11.6 Å². The Balaban J connectivity index is 1.79. The number of aliphatic hydroxyl groups excluding tert-OH is 2. The minimum atomic E-state index is -4.34. The molecular formula is C19H19ClF2N2O5S. The number of hydrogen-bond donors (Lipinski definition) is 4. The maximum atomic E-state index is 14.2. The highest BCUT2D eigenvalue weighted by atomic mass is 35.5. The summed E-state index contributed by atoms with van der Waals surface area (Å²) in [6.45, 7) is 0. The number of aliphatic hydroxyl groups is 2. The standard InChI is InChI=1S/C19H19ClF2N2O5S/c20-13-8-11(2-5-14(13)21)23-19(27)10-1-4-15(22)18(7-10)30(28,29)24-12-3-6-16(25)17(26)9-12/h1-2,4-5,7-8,12,16-17,24-26H,3,6,9H2,(H,23,27). The lowest BCUT2D eigenvalue weighted by Gasteiger charge is -2.30. The summed E-state index contributed by atoms with van der Waals surface area (Å²) in [5, 5.41) is 21.5. The smallest absolute Gasteiger partial charge is 0.255 e. The normalized spacial score (nSPS) is 22.0. The molecule has 2 aromatic rings. The quantitative estimate of drug-likeness (QED) is 0.547. The number of hydrogen-bond acceptors (Lipinski definition) is 5. The lowest BCUT2D eigenvalue weighted by Crippen LogP contribution is -2.44. The number of sulfonamides is 1. The van der Waals surface area contributed by atoms with Crippen LogP contribution in [0.2, 0.25) is 5.02 Å². The van der Waals surface area contributed by atoms with Crippen LogP contribution in [0.5, 0.6) is 0 Å². The second-order valence-corrected chi connectivity index (χ2v) is 9.08. The number of anilines is 1. The molecule has 3 unspecified atom stereocenters. The Labute approximate surface area is 176 Å². The van der Waals surface area contributed by atoms with Crippen LogP contribution in [-0.2, 0) is 10.0 Å². The number of nitrogens with one attached hydrogen (secondary N) is 2. The molecule has 0 spiro atoms. The molecule has 11 heteroatoms. The number of carbonyl (C=O) groups excluding carboxylic acids is 1. The molecule has 0 aromatic heterocycles. The van der Waals surface area contributed by atoms with Crippen molar-refractivity contribution < 1.29 is 32.2 Å². The molecule has 2 aromatic carbocycles. The van der Waals surface area contributed by atoms with Crippen molar-refractivity contribution in [1.29, 1.82) is 0 Å². The molecule has 0 aliphatic heterocycles. The van der Waals surface area contributed by atoms with Crippen LogP contribution in [0.1, 0.15) is 29.6 Å². The number of benzene rings is 2. The number of rotatable bonds is 5. The molecule has 1 saturated carbocycles. The van der Waals surface area contributed by atoms with E-state index >= 15 is 0 Å². The van der Waals surface area contributed by atoms with E-state index in [-0.39, 0.29) is 35.5 Å². The van der Waals surface area contributed by atoms with Gasteiger partial charge in [0.1, 0.15) is 16.5 Å². The molecule has 0 saturated heterocycles. The Morgan fingerprint density at radius 1 is 1.03 bits per heavy atom. The van der Waals surface area contributed by atoms with Crippen molar-refractivity contribution in [3.8, 4) is 0 Å². The topological polar surface area (TPSA) is 116 Å². The average Bonchev–Trinajstić information content (AvgIpc) is 2.67. The molecule has 0 bridgehead atoms. The van der Waals surface area contributed by atoms with Gasteiger partial charge < -0.3 is 15.5 Å². The van der Waals surface area contributed by atoms with Gasteiger partial charge in [0.2, 0.25) is 10.0 Å². The van der Waals surface area contributed by atoms with Gasteiger partial charge in [-0.1, -0.05) is 11.6 Å². The average molecular weight is 461 g/mol. The first kappa shape index (κ1) is 22.6. The molecule has 3 atom stereocenters. The van der Waals surface area contributed by atoms with Crippen LogP contribution in [0.25, 0.3) is 0 Å². The van der Waals surface area contributed by atoms with Crippen LogP contribution in [-0.4, -0.2) is 42.8 Å². The van der Waals surface area contributed by atoms with Crippen molar-refractivity contribution in [2.24, 2.45) is 0 Å². The van der Waals surface area contributed by atoms with Crippen LogP contribution < -0.4 is 10.0 Å². The lowest BCUT2D eigenvalue weighted by molar-refractivity contribution is -0.0157. The summed E-state index contributed by atoms with van der Waals surface area (Å²) in [5.41, 5.74) is 0.0318. The van der Waals surface area contributed by atoms with Crippen LogP contribution in [0.3, 0.4) is 0 Å². The highest BCUT2D eigenvalue weighted by Gasteiger charge is 2.31. The van der Waals surface area contributed by atoms with E-state index in [0.29, 0.717) is 0 Å². The zero-order valence-electron chi connectivity index (χ0n) is 15.5. The van der Waals surface area contributed by atoms with Crippen molar-refractivity contribution in [2.75, 3.05) is 5.32 Å². The minimum absolute atomic E-state index is 0.0203. The van der Waals surface area contributed by atoms with Crippen molar-refractivity contribution in [3.05, 3.63) is 58.6 Å². The van der Waals surface area contributed by atoms with E-state index in [1.54, 1.807) is 0 Å². The molecule has 30 heavy (non-hydrogen) atoms. The minimum Gasteiger partial charge on any atom is -0.390 e. The lowest BCUT2D eigenvalue weighted by atomic mass is 9.91. The highest BCUT2D eigenvalue weighted by molar-refractivity contribution is 7.89. The van der Waals surface area contributed by atoms with Gasteiger partial charge >= 0.3 is 0 Å². The molecule has 0 heterocycles. The molecule has 7 nitrogen and oxygen atoms in total. The Morgan fingerprint density at radius 2 is 1.73 bits per heavy atom. The number of halogens is 3. The third-order valence-corrected chi connectivity index (χ3v) is 6.59. The molecular weight excluding hydrogens is 442 g/mol. The van der Waals surface area contributed by atoms with Gasteiger partial charge in [0, 0.05) is 17.3 Å². The van der Waals surface area contributed by atoms with Gasteiger partial charge in [-0.25, -0.2) is 21.9 Å². The molecule has 4 N–H and O–H groups in total. The van der Waals surface area contributed by atoms with Gasteiger partial charge in [0.05, 0.1) is 17.2 Å². The van der Waals surface area contributed by atoms with E-state index in [1.165, 1.54) is 12.1 Å². The summed E-state index contributed by atoms with van der Waals surface area (Å²) in [6, 6.07) is 5.65. The summed E-state index contributed by atoms with van der Waals surface area (Å²) in [7, 11) is -4.34. The van der Waals surface area contributed by atoms with Crippen molar-refractivity contribution in [3.63, 3.8) is 0 Å². The third-order valence-electron chi connectivity index (χ3n) is 4.76. The monoisotopic (exact) mass is 460 g/mol. The number of amides is 1. The molecule has 3 rings (SSSR count). The van der Waals surface area contributed by atoms with Crippen molar-refractivity contribution >= 4 is 33.2 Å².